The zero-order valence-corrected chi connectivity index (χ0v) is 20.2. The van der Waals surface area contributed by atoms with E-state index in [0.717, 1.165) is 48.4 Å². The fourth-order valence-electron chi connectivity index (χ4n) is 2.92. The molecule has 0 amide bonds. The average Bonchev–Trinajstić information content (AvgIpc) is 3.06. The van der Waals surface area contributed by atoms with Crippen LogP contribution in [0.15, 0.2) is 34.8 Å². The second-order valence-electron chi connectivity index (χ2n) is 5.93. The minimum Gasteiger partial charge on any atom is -0.354 e. The van der Waals surface area contributed by atoms with Gasteiger partial charge in [0.1, 0.15) is 0 Å². The second-order valence-corrected chi connectivity index (χ2v) is 7.27. The predicted molar refractivity (Wildman–Crippen MR) is 128 cm³/mol. The van der Waals surface area contributed by atoms with Crippen LogP contribution in [0.25, 0.3) is 0 Å². The maximum Gasteiger partial charge on any atom is 0.191 e. The maximum absolute atomic E-state index is 6.47. The van der Waals surface area contributed by atoms with E-state index in [1.165, 1.54) is 4.88 Å². The predicted octanol–water partition coefficient (Wildman–Crippen LogP) is 4.47. The van der Waals surface area contributed by atoms with Crippen LogP contribution in [0.2, 0.25) is 5.02 Å². The van der Waals surface area contributed by atoms with E-state index in [1.807, 2.05) is 30.6 Å². The zero-order chi connectivity index (χ0) is 18.9. The van der Waals surface area contributed by atoms with Crippen LogP contribution >= 0.6 is 46.9 Å². The van der Waals surface area contributed by atoms with Gasteiger partial charge in [-0.2, -0.15) is 0 Å². The molecule has 150 valence electrons. The summed E-state index contributed by atoms with van der Waals surface area (Å²) in [6.45, 7) is 9.74. The number of benzene rings is 1. The number of halogens is 2. The Kier molecular flexibility index (Phi) is 11.2. The molecule has 0 aliphatic carbocycles. The standard InChI is InChI=1S/C19H28ClN5S.HI/c1-5-25(6-2)17(15-9-7-8-10-16(15)20)11-22-19(21-4)23-12-18-14(3)24-13-26-18;/h7-10,13,17H,5-6,11-12H2,1-4H3,(H2,21,22,23);1H. The first-order chi connectivity index (χ1) is 12.6. The Labute approximate surface area is 188 Å². The van der Waals surface area contributed by atoms with Crippen LogP contribution in [0.3, 0.4) is 0 Å². The van der Waals surface area contributed by atoms with E-state index in [-0.39, 0.29) is 30.0 Å². The van der Waals surface area contributed by atoms with Crippen LogP contribution in [0, 0.1) is 6.92 Å². The van der Waals surface area contributed by atoms with E-state index in [0.29, 0.717) is 0 Å². The average molecular weight is 522 g/mol. The number of likely N-dealkylation sites (N-methyl/N-ethyl adjacent to an activating group) is 1. The number of aliphatic imine (C=N–C) groups is 1. The Hall–Kier alpha value is -0.900. The molecule has 0 spiro atoms. The lowest BCUT2D eigenvalue weighted by Gasteiger charge is -2.31. The maximum atomic E-state index is 6.47. The van der Waals surface area contributed by atoms with Gasteiger partial charge >= 0.3 is 0 Å². The largest absolute Gasteiger partial charge is 0.354 e. The molecule has 5 nitrogen and oxygen atoms in total. The number of aromatic nitrogens is 1. The van der Waals surface area contributed by atoms with E-state index in [4.69, 9.17) is 11.6 Å². The van der Waals surface area contributed by atoms with Crippen LogP contribution in [0.1, 0.15) is 36.0 Å². The van der Waals surface area contributed by atoms with E-state index < -0.39 is 0 Å². The van der Waals surface area contributed by atoms with Crippen molar-refractivity contribution in [2.45, 2.75) is 33.4 Å². The Morgan fingerprint density at radius 3 is 2.52 bits per heavy atom. The van der Waals surface area contributed by atoms with Crippen molar-refractivity contribution in [3.63, 3.8) is 0 Å². The highest BCUT2D eigenvalue weighted by molar-refractivity contribution is 14.0. The Balaban J connectivity index is 0.00000364. The van der Waals surface area contributed by atoms with Crippen molar-refractivity contribution >= 4 is 52.9 Å². The number of hydrogen-bond acceptors (Lipinski definition) is 4. The van der Waals surface area contributed by atoms with Gasteiger partial charge in [-0.3, -0.25) is 9.89 Å². The molecule has 0 saturated heterocycles. The number of hydrogen-bond donors (Lipinski definition) is 2. The zero-order valence-electron chi connectivity index (χ0n) is 16.3. The molecular formula is C19H29ClIN5S. The lowest BCUT2D eigenvalue weighted by atomic mass is 10.0. The molecule has 27 heavy (non-hydrogen) atoms. The number of thiazole rings is 1. The second kappa shape index (κ2) is 12.5. The summed E-state index contributed by atoms with van der Waals surface area (Å²) in [5.41, 5.74) is 4.07. The molecule has 2 rings (SSSR count). The third kappa shape index (κ3) is 6.89. The molecule has 0 fully saturated rings. The first-order valence-corrected chi connectivity index (χ1v) is 10.2. The van der Waals surface area contributed by atoms with Crippen molar-refractivity contribution in [3.8, 4) is 0 Å². The number of guanidine groups is 1. The smallest absolute Gasteiger partial charge is 0.191 e. The monoisotopic (exact) mass is 521 g/mol. The Morgan fingerprint density at radius 2 is 1.96 bits per heavy atom. The van der Waals surface area contributed by atoms with Gasteiger partial charge in [0.15, 0.2) is 5.96 Å². The van der Waals surface area contributed by atoms with Crippen LogP contribution in [-0.4, -0.2) is 42.5 Å². The van der Waals surface area contributed by atoms with Crippen molar-refractivity contribution in [2.24, 2.45) is 4.99 Å². The fraction of sp³-hybridized carbons (Fsp3) is 0.474. The molecule has 0 bridgehead atoms. The molecule has 1 aromatic carbocycles. The van der Waals surface area contributed by atoms with Gasteiger partial charge in [0, 0.05) is 23.5 Å². The number of nitrogens with zero attached hydrogens (tertiary/aromatic N) is 3. The molecule has 1 unspecified atom stereocenters. The first kappa shape index (κ1) is 24.1. The van der Waals surface area contributed by atoms with E-state index >= 15 is 0 Å². The third-order valence-corrected chi connectivity index (χ3v) is 5.74. The SMILES string of the molecule is CCN(CC)C(CNC(=NC)NCc1scnc1C)c1ccccc1Cl.I. The lowest BCUT2D eigenvalue weighted by molar-refractivity contribution is 0.219. The van der Waals surface area contributed by atoms with Crippen molar-refractivity contribution in [3.05, 3.63) is 50.9 Å². The highest BCUT2D eigenvalue weighted by atomic mass is 127. The lowest BCUT2D eigenvalue weighted by Crippen LogP contribution is -2.43. The van der Waals surface area contributed by atoms with Crippen LogP contribution in [0.4, 0.5) is 0 Å². The molecule has 2 aromatic rings. The number of aryl methyl sites for hydroxylation is 1. The summed E-state index contributed by atoms with van der Waals surface area (Å²) < 4.78 is 0. The van der Waals surface area contributed by atoms with Gasteiger partial charge in [0.25, 0.3) is 0 Å². The summed E-state index contributed by atoms with van der Waals surface area (Å²) in [5.74, 6) is 0.780. The van der Waals surface area contributed by atoms with Gasteiger partial charge < -0.3 is 10.6 Å². The van der Waals surface area contributed by atoms with Crippen molar-refractivity contribution < 1.29 is 0 Å². The Bertz CT molecular complexity index is 718. The Morgan fingerprint density at radius 1 is 1.26 bits per heavy atom. The molecule has 0 aliphatic rings. The minimum atomic E-state index is 0. The topological polar surface area (TPSA) is 52.5 Å². The molecule has 0 aliphatic heterocycles. The molecule has 8 heteroatoms. The van der Waals surface area contributed by atoms with Gasteiger partial charge in [-0.15, -0.1) is 35.3 Å². The van der Waals surface area contributed by atoms with Crippen molar-refractivity contribution in [2.75, 3.05) is 26.7 Å². The molecule has 0 saturated carbocycles. The summed E-state index contributed by atoms with van der Waals surface area (Å²) in [6, 6.07) is 8.24. The highest BCUT2D eigenvalue weighted by Crippen LogP contribution is 2.26. The minimum absolute atomic E-state index is 0. The third-order valence-electron chi connectivity index (χ3n) is 4.47. The molecule has 1 atom stereocenters. The first-order valence-electron chi connectivity index (χ1n) is 8.92. The van der Waals surface area contributed by atoms with E-state index in [9.17, 15) is 0 Å². The van der Waals surface area contributed by atoms with Crippen LogP contribution < -0.4 is 10.6 Å². The summed E-state index contributed by atoms with van der Waals surface area (Å²) in [5, 5.41) is 7.62. The molecule has 1 aromatic heterocycles. The van der Waals surface area contributed by atoms with E-state index in [1.54, 1.807) is 18.4 Å². The quantitative estimate of drug-likeness (QED) is 0.306. The van der Waals surface area contributed by atoms with Gasteiger partial charge in [-0.25, -0.2) is 4.98 Å². The normalized spacial score (nSPS) is 12.6. The van der Waals surface area contributed by atoms with Crippen molar-refractivity contribution in [1.29, 1.82) is 0 Å². The fourth-order valence-corrected chi connectivity index (χ4v) is 3.90. The van der Waals surface area contributed by atoms with Crippen LogP contribution in [0.5, 0.6) is 0 Å². The van der Waals surface area contributed by atoms with Crippen molar-refractivity contribution in [1.82, 2.24) is 20.5 Å². The van der Waals surface area contributed by atoms with Gasteiger partial charge in [-0.1, -0.05) is 43.6 Å². The molecule has 0 radical (unpaired) electrons. The van der Waals surface area contributed by atoms with Gasteiger partial charge in [0.2, 0.25) is 0 Å². The summed E-state index contributed by atoms with van der Waals surface area (Å²) in [7, 11) is 1.79. The van der Waals surface area contributed by atoms with E-state index in [2.05, 4.69) is 45.4 Å². The van der Waals surface area contributed by atoms with Crippen LogP contribution in [-0.2, 0) is 6.54 Å². The van der Waals surface area contributed by atoms with Gasteiger partial charge in [0.05, 0.1) is 23.8 Å². The molecule has 2 N–H and O–H groups in total. The molecule has 1 heterocycles. The summed E-state index contributed by atoms with van der Waals surface area (Å²) >= 11 is 8.12. The summed E-state index contributed by atoms with van der Waals surface area (Å²) in [4.78, 5) is 12.2. The van der Waals surface area contributed by atoms with Gasteiger partial charge in [-0.05, 0) is 31.6 Å². The summed E-state index contributed by atoms with van der Waals surface area (Å²) in [6.07, 6.45) is 0. The highest BCUT2D eigenvalue weighted by Gasteiger charge is 2.20. The number of nitrogens with one attached hydrogen (secondary N) is 2. The molecular weight excluding hydrogens is 493 g/mol. The number of rotatable bonds is 8.